The second-order valence-corrected chi connectivity index (χ2v) is 5.35. The smallest absolute Gasteiger partial charge is 0.331 e. The van der Waals surface area contributed by atoms with Crippen LogP contribution in [0.3, 0.4) is 0 Å². The Morgan fingerprint density at radius 3 is 2.63 bits per heavy atom. The van der Waals surface area contributed by atoms with Crippen LogP contribution < -0.4 is 5.32 Å². The van der Waals surface area contributed by atoms with E-state index < -0.39 is 12.0 Å². The van der Waals surface area contributed by atoms with Crippen LogP contribution in [0.5, 0.6) is 0 Å². The molecule has 0 amide bonds. The normalized spacial score (nSPS) is 12.2. The fraction of sp³-hybridized carbons (Fsp3) is 0.214. The molecule has 1 atom stereocenters. The number of aliphatic carboxylic acids is 1. The molecule has 2 aromatic rings. The lowest BCUT2D eigenvalue weighted by atomic mass is 10.1. The highest BCUT2D eigenvalue weighted by atomic mass is 32.1. The van der Waals surface area contributed by atoms with E-state index >= 15 is 0 Å². The summed E-state index contributed by atoms with van der Waals surface area (Å²) in [4.78, 5) is 12.1. The number of aryl methyl sites for hydroxylation is 2. The highest BCUT2D eigenvalue weighted by molar-refractivity contribution is 7.10. The molecule has 1 heterocycles. The van der Waals surface area contributed by atoms with Gasteiger partial charge in [0.05, 0.1) is 0 Å². The fourth-order valence-electron chi connectivity index (χ4n) is 1.91. The zero-order chi connectivity index (χ0) is 14.0. The van der Waals surface area contributed by atoms with Crippen molar-refractivity contribution >= 4 is 23.0 Å². The maximum Gasteiger partial charge on any atom is 0.331 e. The Bertz CT molecular complexity index is 589. The number of halogens is 1. The van der Waals surface area contributed by atoms with Gasteiger partial charge in [-0.15, -0.1) is 11.3 Å². The van der Waals surface area contributed by atoms with Crippen molar-refractivity contribution in [3.8, 4) is 0 Å². The number of hydrogen-bond acceptors (Lipinski definition) is 3. The molecule has 1 aromatic carbocycles. The van der Waals surface area contributed by atoms with Gasteiger partial charge in [0.1, 0.15) is 5.82 Å². The minimum absolute atomic E-state index is 0.380. The first-order valence-electron chi connectivity index (χ1n) is 5.78. The molecule has 2 N–H and O–H groups in total. The number of nitrogens with one attached hydrogen (secondary N) is 1. The molecule has 0 aliphatic carbocycles. The third-order valence-electron chi connectivity index (χ3n) is 2.76. The van der Waals surface area contributed by atoms with E-state index in [1.165, 1.54) is 23.5 Å². The van der Waals surface area contributed by atoms with Crippen LogP contribution in [0, 0.1) is 19.7 Å². The molecular weight excluding hydrogens is 265 g/mol. The Balaban J connectivity index is 2.32. The lowest BCUT2D eigenvalue weighted by molar-refractivity contribution is -0.138. The zero-order valence-corrected chi connectivity index (χ0v) is 11.4. The van der Waals surface area contributed by atoms with Crippen molar-refractivity contribution in [1.29, 1.82) is 0 Å². The molecule has 5 heteroatoms. The first-order valence-corrected chi connectivity index (χ1v) is 6.66. The van der Waals surface area contributed by atoms with Crippen LogP contribution in [-0.2, 0) is 4.79 Å². The largest absolute Gasteiger partial charge is 0.479 e. The molecule has 1 aromatic heterocycles. The van der Waals surface area contributed by atoms with Crippen LogP contribution in [0.25, 0.3) is 0 Å². The molecule has 0 saturated carbocycles. The third kappa shape index (κ3) is 3.12. The van der Waals surface area contributed by atoms with E-state index in [-0.39, 0.29) is 5.82 Å². The second-order valence-electron chi connectivity index (χ2n) is 4.40. The SMILES string of the molecule is Cc1cc(F)cc(NC(C(=O)O)c2sccc2C)c1. The van der Waals surface area contributed by atoms with Crippen molar-refractivity contribution in [2.45, 2.75) is 19.9 Å². The molecule has 3 nitrogen and oxygen atoms in total. The van der Waals surface area contributed by atoms with E-state index in [4.69, 9.17) is 0 Å². The van der Waals surface area contributed by atoms with Crippen LogP contribution in [0.2, 0.25) is 0 Å². The van der Waals surface area contributed by atoms with Crippen molar-refractivity contribution in [2.24, 2.45) is 0 Å². The van der Waals surface area contributed by atoms with Gasteiger partial charge in [-0.3, -0.25) is 0 Å². The lowest BCUT2D eigenvalue weighted by Crippen LogP contribution is -2.20. The van der Waals surface area contributed by atoms with E-state index in [9.17, 15) is 14.3 Å². The first kappa shape index (κ1) is 13.5. The van der Waals surface area contributed by atoms with E-state index in [1.807, 2.05) is 18.4 Å². The second kappa shape index (κ2) is 5.40. The van der Waals surface area contributed by atoms with E-state index in [0.717, 1.165) is 16.0 Å². The molecule has 0 radical (unpaired) electrons. The molecule has 19 heavy (non-hydrogen) atoms. The van der Waals surface area contributed by atoms with E-state index in [2.05, 4.69) is 5.32 Å². The summed E-state index contributed by atoms with van der Waals surface area (Å²) in [5.74, 6) is -1.36. The van der Waals surface area contributed by atoms with Gasteiger partial charge in [0.15, 0.2) is 6.04 Å². The monoisotopic (exact) mass is 279 g/mol. The maximum atomic E-state index is 13.3. The van der Waals surface area contributed by atoms with Crippen molar-refractivity contribution in [2.75, 3.05) is 5.32 Å². The summed E-state index contributed by atoms with van der Waals surface area (Å²) in [6.07, 6.45) is 0. The fourth-order valence-corrected chi connectivity index (χ4v) is 2.87. The van der Waals surface area contributed by atoms with Crippen molar-refractivity contribution in [3.63, 3.8) is 0 Å². The van der Waals surface area contributed by atoms with Gasteiger partial charge in [-0.2, -0.15) is 0 Å². The summed E-state index contributed by atoms with van der Waals surface area (Å²) in [6, 6.07) is 5.43. The van der Waals surface area contributed by atoms with Crippen molar-refractivity contribution < 1.29 is 14.3 Å². The van der Waals surface area contributed by atoms with E-state index in [0.29, 0.717) is 5.69 Å². The summed E-state index contributed by atoms with van der Waals surface area (Å²) in [7, 11) is 0. The van der Waals surface area contributed by atoms with Crippen molar-refractivity contribution in [3.05, 3.63) is 51.5 Å². The predicted molar refractivity (Wildman–Crippen MR) is 74.2 cm³/mol. The summed E-state index contributed by atoms with van der Waals surface area (Å²) >= 11 is 1.38. The molecule has 1 unspecified atom stereocenters. The molecule has 0 bridgehead atoms. The summed E-state index contributed by atoms with van der Waals surface area (Å²) in [6.45, 7) is 3.63. The molecular formula is C14H14FNO2S. The number of carboxylic acid groups (broad SMARTS) is 1. The van der Waals surface area contributed by atoms with Crippen LogP contribution in [0.1, 0.15) is 22.0 Å². The van der Waals surface area contributed by atoms with Gasteiger partial charge >= 0.3 is 5.97 Å². The standard InChI is InChI=1S/C14H14FNO2S/c1-8-5-10(15)7-11(6-8)16-12(14(17)18)13-9(2)3-4-19-13/h3-7,12,16H,1-2H3,(H,17,18). The quantitative estimate of drug-likeness (QED) is 0.896. The summed E-state index contributed by atoms with van der Waals surface area (Å²) in [5.41, 5.74) is 2.13. The van der Waals surface area contributed by atoms with Crippen LogP contribution in [-0.4, -0.2) is 11.1 Å². The molecule has 2 rings (SSSR count). The average molecular weight is 279 g/mol. The Kier molecular flexibility index (Phi) is 3.85. The van der Waals surface area contributed by atoms with Gasteiger partial charge in [0.25, 0.3) is 0 Å². The maximum absolute atomic E-state index is 13.3. The lowest BCUT2D eigenvalue weighted by Gasteiger charge is -2.16. The first-order chi connectivity index (χ1) is 8.97. The van der Waals surface area contributed by atoms with Gasteiger partial charge in [0, 0.05) is 10.6 Å². The van der Waals surface area contributed by atoms with Gasteiger partial charge in [0.2, 0.25) is 0 Å². The Morgan fingerprint density at radius 1 is 1.37 bits per heavy atom. The summed E-state index contributed by atoms with van der Waals surface area (Å²) in [5, 5.41) is 14.0. The number of benzene rings is 1. The zero-order valence-electron chi connectivity index (χ0n) is 10.6. The predicted octanol–water partition coefficient (Wildman–Crippen LogP) is 3.74. The minimum Gasteiger partial charge on any atom is -0.479 e. The molecule has 0 spiro atoms. The number of carbonyl (C=O) groups is 1. The van der Waals surface area contributed by atoms with Gasteiger partial charge in [-0.1, -0.05) is 0 Å². The van der Waals surface area contributed by atoms with Crippen molar-refractivity contribution in [1.82, 2.24) is 0 Å². The number of anilines is 1. The topological polar surface area (TPSA) is 49.3 Å². The Morgan fingerprint density at radius 2 is 2.11 bits per heavy atom. The number of hydrogen-bond donors (Lipinski definition) is 2. The average Bonchev–Trinajstić information content (AvgIpc) is 2.70. The summed E-state index contributed by atoms with van der Waals surface area (Å²) < 4.78 is 13.3. The minimum atomic E-state index is -0.979. The van der Waals surface area contributed by atoms with Crippen LogP contribution in [0.4, 0.5) is 10.1 Å². The van der Waals surface area contributed by atoms with Crippen LogP contribution >= 0.6 is 11.3 Å². The molecule has 0 fully saturated rings. The number of rotatable bonds is 4. The number of carboxylic acids is 1. The van der Waals surface area contributed by atoms with Gasteiger partial charge in [-0.05, 0) is 54.6 Å². The Hall–Kier alpha value is -1.88. The molecule has 0 aliphatic rings. The molecule has 0 saturated heterocycles. The molecule has 100 valence electrons. The van der Waals surface area contributed by atoms with Crippen LogP contribution in [0.15, 0.2) is 29.6 Å². The number of thiophene rings is 1. The van der Waals surface area contributed by atoms with Gasteiger partial charge < -0.3 is 10.4 Å². The van der Waals surface area contributed by atoms with Gasteiger partial charge in [-0.25, -0.2) is 9.18 Å². The highest BCUT2D eigenvalue weighted by Gasteiger charge is 2.22. The molecule has 0 aliphatic heterocycles. The highest BCUT2D eigenvalue weighted by Crippen LogP contribution is 2.28. The Labute approximate surface area is 114 Å². The third-order valence-corrected chi connectivity index (χ3v) is 3.85. The van der Waals surface area contributed by atoms with E-state index in [1.54, 1.807) is 13.0 Å².